The summed E-state index contributed by atoms with van der Waals surface area (Å²) in [6.45, 7) is 0.368. The second-order valence-electron chi connectivity index (χ2n) is 5.56. The van der Waals surface area contributed by atoms with Gasteiger partial charge in [-0.15, -0.1) is 0 Å². The molecule has 1 aromatic heterocycles. The van der Waals surface area contributed by atoms with E-state index in [1.165, 1.54) is 0 Å². The van der Waals surface area contributed by atoms with Crippen LogP contribution in [0, 0.1) is 0 Å². The second kappa shape index (κ2) is 9.68. The highest BCUT2D eigenvalue weighted by atomic mass is 79.9. The molecule has 25 heavy (non-hydrogen) atoms. The van der Waals surface area contributed by atoms with Crippen LogP contribution >= 0.6 is 27.7 Å². The Balaban J connectivity index is 2.07. The van der Waals surface area contributed by atoms with E-state index >= 15 is 0 Å². The summed E-state index contributed by atoms with van der Waals surface area (Å²) >= 11 is 5.01. The lowest BCUT2D eigenvalue weighted by molar-refractivity contribution is -0.132. The number of amides is 2. The van der Waals surface area contributed by atoms with E-state index in [2.05, 4.69) is 21.2 Å². The Morgan fingerprint density at radius 1 is 1.28 bits per heavy atom. The van der Waals surface area contributed by atoms with Gasteiger partial charge in [0.25, 0.3) is 5.91 Å². The summed E-state index contributed by atoms with van der Waals surface area (Å²) in [5, 5.41) is 2.87. The van der Waals surface area contributed by atoms with Crippen molar-refractivity contribution >= 4 is 39.5 Å². The maximum atomic E-state index is 12.8. The number of hydrogen-bond acceptors (Lipinski definition) is 4. The van der Waals surface area contributed by atoms with Gasteiger partial charge in [0.2, 0.25) is 5.91 Å². The molecule has 2 aromatic rings. The largest absolute Gasteiger partial charge is 0.467 e. The van der Waals surface area contributed by atoms with E-state index < -0.39 is 6.04 Å². The first-order valence-corrected chi connectivity index (χ1v) is 10.0. The number of rotatable bonds is 8. The SMILES string of the molecule is CSCC[C@H](NC(=O)c1ccccc1Br)C(=O)N(C)Cc1ccco1. The molecule has 0 unspecified atom stereocenters. The Kier molecular flexibility index (Phi) is 7.58. The van der Waals surface area contributed by atoms with Crippen molar-refractivity contribution in [1.82, 2.24) is 10.2 Å². The molecule has 1 aromatic carbocycles. The second-order valence-corrected chi connectivity index (χ2v) is 7.40. The summed E-state index contributed by atoms with van der Waals surface area (Å²) in [5.41, 5.74) is 0.512. The van der Waals surface area contributed by atoms with E-state index in [1.807, 2.05) is 18.4 Å². The Labute approximate surface area is 160 Å². The maximum Gasteiger partial charge on any atom is 0.253 e. The van der Waals surface area contributed by atoms with E-state index in [1.54, 1.807) is 54.2 Å². The molecule has 2 rings (SSSR count). The van der Waals surface area contributed by atoms with Crippen molar-refractivity contribution in [3.8, 4) is 0 Å². The minimum atomic E-state index is -0.577. The number of furan rings is 1. The standard InChI is InChI=1S/C18H21BrN2O3S/c1-21(12-13-6-5-10-24-13)18(23)16(9-11-25-2)20-17(22)14-7-3-4-8-15(14)19/h3-8,10,16H,9,11-12H2,1-2H3,(H,20,22)/t16-/m0/s1. The number of benzene rings is 1. The molecule has 0 fully saturated rings. The maximum absolute atomic E-state index is 12.8. The van der Waals surface area contributed by atoms with Crippen LogP contribution < -0.4 is 5.32 Å². The third-order valence-electron chi connectivity index (χ3n) is 3.68. The molecule has 1 N–H and O–H groups in total. The third kappa shape index (κ3) is 5.64. The molecule has 0 bridgehead atoms. The van der Waals surface area contributed by atoms with Crippen molar-refractivity contribution in [2.75, 3.05) is 19.1 Å². The first-order valence-electron chi connectivity index (χ1n) is 7.84. The summed E-state index contributed by atoms with van der Waals surface area (Å²) in [7, 11) is 1.71. The topological polar surface area (TPSA) is 62.6 Å². The molecule has 2 amide bonds. The van der Waals surface area contributed by atoms with Gasteiger partial charge in [-0.1, -0.05) is 12.1 Å². The molecule has 0 spiro atoms. The van der Waals surface area contributed by atoms with Gasteiger partial charge in [0.15, 0.2) is 0 Å². The molecule has 7 heteroatoms. The summed E-state index contributed by atoms with van der Waals surface area (Å²) in [6.07, 6.45) is 4.12. The summed E-state index contributed by atoms with van der Waals surface area (Å²) < 4.78 is 5.99. The van der Waals surface area contributed by atoms with Crippen molar-refractivity contribution < 1.29 is 14.0 Å². The van der Waals surface area contributed by atoms with Gasteiger partial charge in [-0.3, -0.25) is 9.59 Å². The van der Waals surface area contributed by atoms with Gasteiger partial charge < -0.3 is 14.6 Å². The van der Waals surface area contributed by atoms with Crippen LogP contribution in [0.1, 0.15) is 22.5 Å². The van der Waals surface area contributed by atoms with Crippen molar-refractivity contribution in [3.05, 3.63) is 58.5 Å². The number of hydrogen-bond donors (Lipinski definition) is 1. The van der Waals surface area contributed by atoms with Crippen molar-refractivity contribution in [2.24, 2.45) is 0 Å². The van der Waals surface area contributed by atoms with Crippen LogP contribution in [0.2, 0.25) is 0 Å². The summed E-state index contributed by atoms with van der Waals surface area (Å²) in [6, 6.07) is 10.2. The number of thioether (sulfide) groups is 1. The number of likely N-dealkylation sites (N-methyl/N-ethyl adjacent to an activating group) is 1. The van der Waals surface area contributed by atoms with Crippen LogP contribution in [-0.4, -0.2) is 41.8 Å². The lowest BCUT2D eigenvalue weighted by Gasteiger charge is -2.24. The average molecular weight is 425 g/mol. The first-order chi connectivity index (χ1) is 12.0. The van der Waals surface area contributed by atoms with Gasteiger partial charge >= 0.3 is 0 Å². The minimum Gasteiger partial charge on any atom is -0.467 e. The fraction of sp³-hybridized carbons (Fsp3) is 0.333. The fourth-order valence-corrected chi connectivity index (χ4v) is 3.29. The quantitative estimate of drug-likeness (QED) is 0.703. The highest BCUT2D eigenvalue weighted by molar-refractivity contribution is 9.10. The number of nitrogens with one attached hydrogen (secondary N) is 1. The third-order valence-corrected chi connectivity index (χ3v) is 5.02. The Bertz CT molecular complexity index is 706. The predicted octanol–water partition coefficient (Wildman–Crippen LogP) is 3.55. The molecule has 0 radical (unpaired) electrons. The van der Waals surface area contributed by atoms with Crippen LogP contribution in [-0.2, 0) is 11.3 Å². The summed E-state index contributed by atoms with van der Waals surface area (Å²) in [5.74, 6) is 1.09. The number of carbonyl (C=O) groups excluding carboxylic acids is 2. The zero-order chi connectivity index (χ0) is 18.2. The molecule has 0 aliphatic rings. The highest BCUT2D eigenvalue weighted by Crippen LogP contribution is 2.16. The number of halogens is 1. The Morgan fingerprint density at radius 2 is 2.04 bits per heavy atom. The zero-order valence-electron chi connectivity index (χ0n) is 14.2. The van der Waals surface area contributed by atoms with Gasteiger partial charge in [0, 0.05) is 11.5 Å². The van der Waals surface area contributed by atoms with E-state index in [0.29, 0.717) is 28.8 Å². The first kappa shape index (κ1) is 19.6. The van der Waals surface area contributed by atoms with Gasteiger partial charge in [0.05, 0.1) is 18.4 Å². The molecule has 134 valence electrons. The van der Waals surface area contributed by atoms with Gasteiger partial charge in [-0.2, -0.15) is 11.8 Å². The fourth-order valence-electron chi connectivity index (χ4n) is 2.35. The van der Waals surface area contributed by atoms with Crippen molar-refractivity contribution in [2.45, 2.75) is 19.0 Å². The van der Waals surface area contributed by atoms with Crippen LogP contribution in [0.4, 0.5) is 0 Å². The van der Waals surface area contributed by atoms with E-state index in [-0.39, 0.29) is 11.8 Å². The minimum absolute atomic E-state index is 0.133. The average Bonchev–Trinajstić information content (AvgIpc) is 3.11. The van der Waals surface area contributed by atoms with Gasteiger partial charge in [-0.25, -0.2) is 0 Å². The van der Waals surface area contributed by atoms with E-state index in [9.17, 15) is 9.59 Å². The molecular weight excluding hydrogens is 404 g/mol. The van der Waals surface area contributed by atoms with Crippen molar-refractivity contribution in [1.29, 1.82) is 0 Å². The monoisotopic (exact) mass is 424 g/mol. The predicted molar refractivity (Wildman–Crippen MR) is 104 cm³/mol. The van der Waals surface area contributed by atoms with Crippen LogP contribution in [0.3, 0.4) is 0 Å². The molecule has 0 saturated carbocycles. The highest BCUT2D eigenvalue weighted by Gasteiger charge is 2.25. The van der Waals surface area contributed by atoms with Crippen LogP contribution in [0.25, 0.3) is 0 Å². The van der Waals surface area contributed by atoms with E-state index in [4.69, 9.17) is 4.42 Å². The molecule has 5 nitrogen and oxygen atoms in total. The molecule has 0 saturated heterocycles. The Hall–Kier alpha value is -1.73. The normalized spacial score (nSPS) is 11.8. The zero-order valence-corrected chi connectivity index (χ0v) is 16.6. The van der Waals surface area contributed by atoms with Gasteiger partial charge in [0.1, 0.15) is 11.8 Å². The smallest absolute Gasteiger partial charge is 0.253 e. The molecule has 1 atom stereocenters. The van der Waals surface area contributed by atoms with Crippen LogP contribution in [0.15, 0.2) is 51.6 Å². The van der Waals surface area contributed by atoms with Gasteiger partial charge in [-0.05, 0) is 58.6 Å². The van der Waals surface area contributed by atoms with Crippen LogP contribution in [0.5, 0.6) is 0 Å². The molecule has 0 aliphatic heterocycles. The number of carbonyl (C=O) groups is 2. The number of nitrogens with zero attached hydrogens (tertiary/aromatic N) is 1. The lowest BCUT2D eigenvalue weighted by Crippen LogP contribution is -2.47. The molecule has 0 aliphatic carbocycles. The summed E-state index contributed by atoms with van der Waals surface area (Å²) in [4.78, 5) is 26.9. The molecular formula is C18H21BrN2O3S. The van der Waals surface area contributed by atoms with Crippen molar-refractivity contribution in [3.63, 3.8) is 0 Å². The lowest BCUT2D eigenvalue weighted by atomic mass is 10.1. The van der Waals surface area contributed by atoms with E-state index in [0.717, 1.165) is 5.75 Å². The molecule has 1 heterocycles. The Morgan fingerprint density at radius 3 is 2.68 bits per heavy atom.